The second-order valence-electron chi connectivity index (χ2n) is 28.5. The number of hydrogen-bond donors (Lipinski definition) is 0. The monoisotopic (exact) mass is 1210 g/mol. The molecule has 0 atom stereocenters. The predicted molar refractivity (Wildman–Crippen MR) is 404 cm³/mol. The number of anilines is 5. The molecule has 4 nitrogen and oxygen atoms in total. The first-order valence-corrected chi connectivity index (χ1v) is 33.7. The minimum absolute atomic E-state index is 0.0711. The van der Waals surface area contributed by atoms with Gasteiger partial charge in [-0.2, -0.15) is 0 Å². The summed E-state index contributed by atoms with van der Waals surface area (Å²) >= 11 is 0. The van der Waals surface area contributed by atoms with Gasteiger partial charge >= 0.3 is 0 Å². The summed E-state index contributed by atoms with van der Waals surface area (Å²) in [6, 6.07) is 91.0. The van der Waals surface area contributed by atoms with E-state index in [0.29, 0.717) is 0 Å². The molecule has 0 amide bonds. The van der Waals surface area contributed by atoms with Crippen LogP contribution in [-0.4, -0.2) is 28.6 Å². The Morgan fingerprint density at radius 2 is 0.926 bits per heavy atom. The molecule has 17 rings (SSSR count). The molecule has 1 spiro atoms. The van der Waals surface area contributed by atoms with E-state index in [1.165, 1.54) is 160 Å². The molecule has 2 aliphatic heterocycles. The van der Waals surface area contributed by atoms with E-state index in [9.17, 15) is 0 Å². The Bertz CT molecular complexity index is 5390. The zero-order valence-corrected chi connectivity index (χ0v) is 55.8. The summed E-state index contributed by atoms with van der Waals surface area (Å²) in [7, 11) is 0. The van der Waals surface area contributed by atoms with E-state index in [1.807, 2.05) is 0 Å². The molecule has 14 aromatic rings. The molecule has 0 fully saturated rings. The Morgan fingerprint density at radius 3 is 1.46 bits per heavy atom. The lowest BCUT2D eigenvalue weighted by Gasteiger charge is -2.45. The van der Waals surface area contributed by atoms with E-state index in [0.717, 1.165) is 22.6 Å². The molecule has 454 valence electrons. The van der Waals surface area contributed by atoms with Crippen molar-refractivity contribution in [1.29, 1.82) is 0 Å². The lowest BCUT2D eigenvalue weighted by molar-refractivity contribution is 0.590. The molecule has 6 heteroatoms. The first-order chi connectivity index (χ1) is 45.6. The highest BCUT2D eigenvalue weighted by Crippen LogP contribution is 2.63. The summed E-state index contributed by atoms with van der Waals surface area (Å²) in [5.74, 6) is 2.23. The van der Waals surface area contributed by atoms with Gasteiger partial charge in [0.1, 0.15) is 0 Å². The molecule has 0 saturated carbocycles. The molecule has 3 aliphatic rings. The minimum atomic E-state index is -0.485. The van der Waals surface area contributed by atoms with Crippen LogP contribution in [0.2, 0.25) is 0 Å². The standard InChI is InChI=1S/C88H76B2N4/c1-13-89(82-56(6)46-54(4)47-57(82)7)75-51-63(52-76-86(75)91(53(2)3)81-45-38-60(87(10,11)12)50-74(81)90(76)83-58(8)48-55(5)49-59(83)9)94-78-35-23-17-29-67(78)69-44-43-68-66-28-16-22-34-77(66)93(84(68)85(69)94)62-41-39-61(40-42-62)92-79-36-24-20-32-72(79)88(73-33-21-25-37-80(73)92)70-30-18-14-26-64(70)65-27-15-19-31-71(65)88/h13-53H,1H2,2-12H3. The van der Waals surface area contributed by atoms with Crippen molar-refractivity contribution in [2.24, 2.45) is 0 Å². The largest absolute Gasteiger partial charge is 0.340 e. The molecular formula is C88H76B2N4. The Labute approximate surface area is 554 Å². The fourth-order valence-electron chi connectivity index (χ4n) is 18.0. The highest BCUT2D eigenvalue weighted by atomic mass is 15.2. The molecule has 12 aromatic carbocycles. The van der Waals surface area contributed by atoms with E-state index < -0.39 is 5.41 Å². The summed E-state index contributed by atoms with van der Waals surface area (Å²) < 4.78 is 5.20. The maximum Gasteiger partial charge on any atom is 0.247 e. The smallest absolute Gasteiger partial charge is 0.247 e. The van der Waals surface area contributed by atoms with Crippen molar-refractivity contribution in [2.45, 2.75) is 93.0 Å². The number of para-hydroxylation sites is 4. The average Bonchev–Trinajstić information content (AvgIpc) is 1.40. The summed E-state index contributed by atoms with van der Waals surface area (Å²) in [6.07, 6.45) is 0. The number of benzene rings is 12. The lowest BCUT2D eigenvalue weighted by Crippen LogP contribution is -2.63. The molecule has 2 aromatic heterocycles. The van der Waals surface area contributed by atoms with Gasteiger partial charge in [-0.25, -0.2) is 0 Å². The van der Waals surface area contributed by atoms with Crippen LogP contribution in [0.4, 0.5) is 28.4 Å². The maximum atomic E-state index is 4.80. The van der Waals surface area contributed by atoms with Crippen LogP contribution >= 0.6 is 0 Å². The van der Waals surface area contributed by atoms with Crippen LogP contribution in [0.15, 0.2) is 249 Å². The molecule has 0 saturated heterocycles. The highest BCUT2D eigenvalue weighted by molar-refractivity contribution is 7.00. The summed E-state index contributed by atoms with van der Waals surface area (Å²) in [4.78, 5) is 5.18. The predicted octanol–water partition coefficient (Wildman–Crippen LogP) is 18.9. The summed E-state index contributed by atoms with van der Waals surface area (Å²) in [6.45, 7) is 30.1. The van der Waals surface area contributed by atoms with Crippen molar-refractivity contribution < 1.29 is 0 Å². The lowest BCUT2D eigenvalue weighted by atomic mass is 9.31. The van der Waals surface area contributed by atoms with Crippen LogP contribution in [0.5, 0.6) is 0 Å². The Kier molecular flexibility index (Phi) is 12.9. The summed E-state index contributed by atoms with van der Waals surface area (Å²) in [5, 5.41) is 4.86. The third kappa shape index (κ3) is 8.14. The molecule has 0 radical (unpaired) electrons. The molecule has 0 bridgehead atoms. The fourth-order valence-corrected chi connectivity index (χ4v) is 18.0. The van der Waals surface area contributed by atoms with Gasteiger partial charge in [-0.3, -0.25) is 0 Å². The molecule has 0 unspecified atom stereocenters. The normalized spacial score (nSPS) is 13.6. The van der Waals surface area contributed by atoms with Crippen LogP contribution in [-0.2, 0) is 10.8 Å². The molecule has 1 aliphatic carbocycles. The van der Waals surface area contributed by atoms with Gasteiger partial charge in [0.05, 0.1) is 38.9 Å². The average molecular weight is 1210 g/mol. The van der Waals surface area contributed by atoms with Crippen LogP contribution in [0.3, 0.4) is 0 Å². The van der Waals surface area contributed by atoms with Gasteiger partial charge in [0.15, 0.2) is 0 Å². The van der Waals surface area contributed by atoms with E-state index >= 15 is 0 Å². The second-order valence-corrected chi connectivity index (χ2v) is 28.5. The van der Waals surface area contributed by atoms with Gasteiger partial charge in [0, 0.05) is 56.0 Å². The third-order valence-electron chi connectivity index (χ3n) is 21.5. The van der Waals surface area contributed by atoms with E-state index in [1.54, 1.807) is 0 Å². The quantitative estimate of drug-likeness (QED) is 0.141. The number of rotatable bonds is 8. The van der Waals surface area contributed by atoms with E-state index in [2.05, 4.69) is 338 Å². The number of aryl methyl sites for hydroxylation is 6. The van der Waals surface area contributed by atoms with Gasteiger partial charge in [-0.05, 0) is 183 Å². The first-order valence-electron chi connectivity index (χ1n) is 33.7. The summed E-state index contributed by atoms with van der Waals surface area (Å²) in [5.41, 5.74) is 35.9. The van der Waals surface area contributed by atoms with Gasteiger partial charge in [-0.15, -0.1) is 12.6 Å². The maximum absolute atomic E-state index is 4.80. The SMILES string of the molecule is C=CB(c1cc(-n2c3ccccc3c3ccc4c5ccccc5n(-c5ccc(N6c7ccccc7C7(c8ccccc8-c8ccccc87)c7ccccc76)cc5)c4c32)cc2c1N(C(C)C)c1ccc(C(C)(C)C)cc1B2c1c(C)cc(C)cc1C)c1c(C)cc(C)cc1C. The Hall–Kier alpha value is -10.3. The number of nitrogens with zero attached hydrogens (tertiary/aromatic N) is 4. The van der Waals surface area contributed by atoms with Gasteiger partial charge < -0.3 is 18.9 Å². The molecule has 94 heavy (non-hydrogen) atoms. The van der Waals surface area contributed by atoms with Gasteiger partial charge in [0.2, 0.25) is 13.4 Å². The Balaban J connectivity index is 0.939. The van der Waals surface area contributed by atoms with Crippen LogP contribution in [0.25, 0.3) is 66.1 Å². The Morgan fingerprint density at radius 1 is 0.447 bits per heavy atom. The highest BCUT2D eigenvalue weighted by Gasteiger charge is 2.52. The number of fused-ring (bicyclic) bond motifs is 18. The van der Waals surface area contributed by atoms with Crippen LogP contribution in [0, 0.1) is 41.5 Å². The molecular weight excluding hydrogens is 1130 g/mol. The molecule has 4 heterocycles. The zero-order valence-electron chi connectivity index (χ0n) is 55.8. The van der Waals surface area contributed by atoms with Crippen molar-refractivity contribution in [1.82, 2.24) is 9.13 Å². The number of aromatic nitrogens is 2. The zero-order chi connectivity index (χ0) is 64.4. The van der Waals surface area contributed by atoms with Crippen molar-refractivity contribution in [3.63, 3.8) is 0 Å². The van der Waals surface area contributed by atoms with Crippen molar-refractivity contribution in [2.75, 3.05) is 9.80 Å². The molecule has 0 N–H and O–H groups in total. The van der Waals surface area contributed by atoms with Gasteiger partial charge in [0.25, 0.3) is 0 Å². The second kappa shape index (κ2) is 21.1. The minimum Gasteiger partial charge on any atom is -0.340 e. The third-order valence-corrected chi connectivity index (χ3v) is 21.5. The van der Waals surface area contributed by atoms with E-state index in [4.69, 9.17) is 6.58 Å². The van der Waals surface area contributed by atoms with E-state index in [-0.39, 0.29) is 24.9 Å². The van der Waals surface area contributed by atoms with Crippen molar-refractivity contribution >= 4 is 113 Å². The van der Waals surface area contributed by atoms with Gasteiger partial charge in [-0.1, -0.05) is 235 Å². The van der Waals surface area contributed by atoms with Crippen LogP contribution in [0.1, 0.15) is 95.8 Å². The van der Waals surface area contributed by atoms with Crippen molar-refractivity contribution in [3.05, 3.63) is 310 Å². The van der Waals surface area contributed by atoms with Crippen molar-refractivity contribution in [3.8, 4) is 22.5 Å². The topological polar surface area (TPSA) is 16.3 Å². The van der Waals surface area contributed by atoms with Crippen LogP contribution < -0.4 is 37.1 Å². The first kappa shape index (κ1) is 57.6. The fraction of sp³-hybridized carbons (Fsp3) is 0.159. The number of hydrogen-bond acceptors (Lipinski definition) is 2.